The zero-order chi connectivity index (χ0) is 47.9. The maximum atomic E-state index is 13.4. The summed E-state index contributed by atoms with van der Waals surface area (Å²) in [4.78, 5) is 50.1. The van der Waals surface area contributed by atoms with E-state index in [-0.39, 0.29) is 42.1 Å². The van der Waals surface area contributed by atoms with Gasteiger partial charge in [0.2, 0.25) is 0 Å². The Labute approximate surface area is 395 Å². The van der Waals surface area contributed by atoms with Gasteiger partial charge >= 0.3 is 0 Å². The minimum Gasteiger partial charge on any atom is -0.389 e. The molecule has 1 aliphatic heterocycles. The summed E-state index contributed by atoms with van der Waals surface area (Å²) in [6, 6.07) is 30.0. The third kappa shape index (κ3) is 11.4. The molecule has 0 bridgehead atoms. The number of aromatic nitrogens is 8. The first-order valence-electron chi connectivity index (χ1n) is 22.8. The summed E-state index contributed by atoms with van der Waals surface area (Å²) in [5.41, 5.74) is 5.11. The minimum atomic E-state index is -0.703. The molecule has 2 saturated carbocycles. The predicted octanol–water partition coefficient (Wildman–Crippen LogP) is 6.48. The Hall–Kier alpha value is -7.64. The van der Waals surface area contributed by atoms with Crippen LogP contribution in [0.4, 0.5) is 11.4 Å². The van der Waals surface area contributed by atoms with E-state index in [9.17, 15) is 24.3 Å². The Bertz CT molecular complexity index is 3150. The number of anilines is 2. The molecule has 8 aromatic rings. The lowest BCUT2D eigenvalue weighted by Gasteiger charge is -2.20. The van der Waals surface area contributed by atoms with Gasteiger partial charge in [-0.2, -0.15) is 20.4 Å². The van der Waals surface area contributed by atoms with E-state index >= 15 is 0 Å². The molecule has 3 aliphatic rings. The molecule has 18 nitrogen and oxygen atoms in total. The van der Waals surface area contributed by atoms with E-state index in [0.717, 1.165) is 40.8 Å². The van der Waals surface area contributed by atoms with Gasteiger partial charge in [0.05, 0.1) is 84.2 Å². The maximum Gasteiger partial charge on any atom is 0.274 e. The van der Waals surface area contributed by atoms with Crippen molar-refractivity contribution in [2.75, 3.05) is 44.7 Å². The molecule has 69 heavy (non-hydrogen) atoms. The van der Waals surface area contributed by atoms with Crippen molar-refractivity contribution >= 4 is 44.7 Å². The molecule has 1 saturated heterocycles. The van der Waals surface area contributed by atoms with E-state index in [2.05, 4.69) is 36.1 Å². The number of hydrogen-bond donors (Lipinski definition) is 5. The number of epoxide rings is 1. The third-order valence-corrected chi connectivity index (χ3v) is 12.0. The molecule has 3 fully saturated rings. The van der Waals surface area contributed by atoms with Crippen LogP contribution in [-0.2, 0) is 20.8 Å². The molecular formula is C51H52N10O8. The number of methoxy groups -OCH3 is 2. The van der Waals surface area contributed by atoms with Gasteiger partial charge in [0.15, 0.2) is 0 Å². The van der Waals surface area contributed by atoms with Gasteiger partial charge < -0.3 is 30.0 Å². The zero-order valence-electron chi connectivity index (χ0n) is 38.1. The zero-order valence-corrected chi connectivity index (χ0v) is 38.1. The number of fused-ring (bicyclic) bond motifs is 2. The first-order chi connectivity index (χ1) is 33.7. The molecule has 2 unspecified atom stereocenters. The number of amides is 2. The highest BCUT2D eigenvalue weighted by molar-refractivity contribution is 6.05. The minimum absolute atomic E-state index is 0.0112. The maximum absolute atomic E-state index is 13.4. The van der Waals surface area contributed by atoms with Crippen molar-refractivity contribution in [2.24, 2.45) is 11.8 Å². The second-order valence-corrected chi connectivity index (χ2v) is 17.3. The lowest BCUT2D eigenvalue weighted by molar-refractivity contribution is 0.0514. The average molecular weight is 933 g/mol. The number of carbonyl (C=O) groups excluding carboxylic acids is 2. The van der Waals surface area contributed by atoms with Crippen molar-refractivity contribution in [1.82, 2.24) is 40.0 Å². The summed E-state index contributed by atoms with van der Waals surface area (Å²) in [6.45, 7) is 2.08. The highest BCUT2D eigenvalue weighted by atomic mass is 16.6. The number of nitrogens with zero attached hydrogens (tertiary/aromatic N) is 6. The van der Waals surface area contributed by atoms with Gasteiger partial charge in [-0.25, -0.2) is 9.78 Å². The Morgan fingerprint density at radius 3 is 1.90 bits per heavy atom. The summed E-state index contributed by atoms with van der Waals surface area (Å²) >= 11 is 0. The fourth-order valence-electron chi connectivity index (χ4n) is 8.21. The van der Waals surface area contributed by atoms with Crippen LogP contribution in [0.3, 0.4) is 0 Å². The van der Waals surface area contributed by atoms with E-state index in [0.29, 0.717) is 56.9 Å². The van der Waals surface area contributed by atoms with Crippen molar-refractivity contribution < 1.29 is 28.9 Å². The second-order valence-electron chi connectivity index (χ2n) is 17.3. The normalized spacial score (nSPS) is 15.4. The molecule has 0 spiro atoms. The van der Waals surface area contributed by atoms with Crippen LogP contribution in [0.2, 0.25) is 0 Å². The molecule has 354 valence electrons. The summed E-state index contributed by atoms with van der Waals surface area (Å²) in [5, 5.41) is 40.5. The lowest BCUT2D eigenvalue weighted by Crippen LogP contribution is -2.30. The van der Waals surface area contributed by atoms with Crippen LogP contribution in [0.1, 0.15) is 52.4 Å². The fourth-order valence-corrected chi connectivity index (χ4v) is 8.21. The molecule has 4 aromatic carbocycles. The molecule has 5 heterocycles. The van der Waals surface area contributed by atoms with Gasteiger partial charge in [-0.05, 0) is 73.9 Å². The molecular weight excluding hydrogens is 881 g/mol. The smallest absolute Gasteiger partial charge is 0.274 e. The molecule has 18 heteroatoms. The van der Waals surface area contributed by atoms with Crippen molar-refractivity contribution in [1.29, 1.82) is 0 Å². The van der Waals surface area contributed by atoms with Crippen LogP contribution in [-0.4, -0.2) is 103 Å². The second kappa shape index (κ2) is 21.1. The molecule has 2 aliphatic carbocycles. The quantitative estimate of drug-likeness (QED) is 0.0695. The molecule has 0 radical (unpaired) electrons. The number of ether oxygens (including phenoxy) is 3. The number of aliphatic hydroxyl groups excluding tert-OH is 1. The summed E-state index contributed by atoms with van der Waals surface area (Å²) in [6.07, 6.45) is 10.5. The monoisotopic (exact) mass is 932 g/mol. The Balaban J connectivity index is 0.000000153. The number of nitrogens with one attached hydrogen (secondary N) is 4. The van der Waals surface area contributed by atoms with Crippen LogP contribution in [0.5, 0.6) is 0 Å². The van der Waals surface area contributed by atoms with Gasteiger partial charge in [-0.3, -0.25) is 29.0 Å². The van der Waals surface area contributed by atoms with Crippen LogP contribution in [0.15, 0.2) is 131 Å². The van der Waals surface area contributed by atoms with E-state index in [4.69, 9.17) is 19.3 Å². The number of aliphatic hydroxyl groups is 1. The van der Waals surface area contributed by atoms with Gasteiger partial charge in [-0.1, -0.05) is 60.7 Å². The molecule has 4 aromatic heterocycles. The van der Waals surface area contributed by atoms with Gasteiger partial charge in [0.1, 0.15) is 6.10 Å². The number of H-pyrrole nitrogens is 2. The largest absolute Gasteiger partial charge is 0.389 e. The summed E-state index contributed by atoms with van der Waals surface area (Å²) < 4.78 is 17.7. The Kier molecular flexibility index (Phi) is 14.2. The summed E-state index contributed by atoms with van der Waals surface area (Å²) in [7, 11) is 3.19. The third-order valence-electron chi connectivity index (χ3n) is 12.0. The number of aromatic amines is 2. The number of hydrogen-bond acceptors (Lipinski definition) is 12. The van der Waals surface area contributed by atoms with Crippen LogP contribution < -0.4 is 21.8 Å². The molecule has 2 atom stereocenters. The predicted molar refractivity (Wildman–Crippen MR) is 260 cm³/mol. The van der Waals surface area contributed by atoms with Gasteiger partial charge in [-0.15, -0.1) is 0 Å². The SMILES string of the molecule is COCC(O)Cn1cc(C(=O)Nc2ccc(-c3n[nH]c(=O)c4ccccc34)cc2)cn1.COCC1CO1.O=C(Nc1ccc(-c2nn(C(C3CC3)C3CC3)c(=O)c3ccccc23)cc1)c1cn[nH]c1. The first kappa shape index (κ1) is 46.5. The fraction of sp³-hybridized carbons (Fsp3) is 0.294. The van der Waals surface area contributed by atoms with Gasteiger partial charge in [0, 0.05) is 59.9 Å². The number of carbonyl (C=O) groups is 2. The standard InChI is InChI=1S/C25H23N5O2.C22H21N5O4.C4H8O2/c31-24(18-13-26-27-14-18)28-19-11-9-15(10-12-19)22-20-3-1-2-4-21(20)25(32)30(29-22)23(16-5-6-16)17-7-8-17;1-31-13-17(28)12-27-11-15(10-23-27)21(29)24-16-8-6-14(7-9-16)20-18-4-2-3-5-19(18)22(30)26-25-20;1-5-2-4-3-6-4/h1-4,9-14,16-17,23H,5-8H2,(H,26,27)(H,28,31);2-11,17,28H,12-13H2,1H3,(H,24,29)(H,26,30);4H,2-3H2,1H3. The highest BCUT2D eigenvalue weighted by Crippen LogP contribution is 2.51. The van der Waals surface area contributed by atoms with Gasteiger partial charge in [0.25, 0.3) is 22.9 Å². The van der Waals surface area contributed by atoms with Crippen LogP contribution >= 0.6 is 0 Å². The summed E-state index contributed by atoms with van der Waals surface area (Å²) in [5.74, 6) is 0.609. The molecule has 11 rings (SSSR count). The van der Waals surface area contributed by atoms with Crippen LogP contribution in [0, 0.1) is 11.8 Å². The van der Waals surface area contributed by atoms with Crippen LogP contribution in [0.25, 0.3) is 44.1 Å². The average Bonchev–Trinajstić information content (AvgIpc) is 4.34. The first-order valence-corrected chi connectivity index (χ1v) is 22.8. The van der Waals surface area contributed by atoms with Crippen molar-refractivity contribution in [3.05, 3.63) is 154 Å². The number of rotatable bonds is 15. The van der Waals surface area contributed by atoms with E-state index < -0.39 is 6.10 Å². The van der Waals surface area contributed by atoms with E-state index in [1.54, 1.807) is 48.5 Å². The van der Waals surface area contributed by atoms with E-state index in [1.807, 2.05) is 72.8 Å². The van der Waals surface area contributed by atoms with E-state index in [1.165, 1.54) is 49.9 Å². The highest BCUT2D eigenvalue weighted by Gasteiger charge is 2.44. The number of benzene rings is 4. The Morgan fingerprint density at radius 1 is 0.768 bits per heavy atom. The van der Waals surface area contributed by atoms with Crippen molar-refractivity contribution in [3.63, 3.8) is 0 Å². The van der Waals surface area contributed by atoms with Crippen molar-refractivity contribution in [3.8, 4) is 22.5 Å². The topological polar surface area (TPSA) is 237 Å². The molecule has 5 N–H and O–H groups in total. The molecule has 2 amide bonds. The Morgan fingerprint density at radius 2 is 1.35 bits per heavy atom. The van der Waals surface area contributed by atoms with Crippen molar-refractivity contribution in [2.45, 2.75) is 50.5 Å². The lowest BCUT2D eigenvalue weighted by atomic mass is 10.0.